The predicted molar refractivity (Wildman–Crippen MR) is 94.3 cm³/mol. The van der Waals surface area contributed by atoms with E-state index in [0.29, 0.717) is 28.2 Å². The van der Waals surface area contributed by atoms with Crippen LogP contribution in [-0.4, -0.2) is 38.5 Å². The summed E-state index contributed by atoms with van der Waals surface area (Å²) < 4.78 is 6.56. The van der Waals surface area contributed by atoms with Gasteiger partial charge in [-0.15, -0.1) is 21.5 Å². The normalized spacial score (nSPS) is 11.6. The zero-order valence-electron chi connectivity index (χ0n) is 14.0. The molecule has 0 aliphatic carbocycles. The summed E-state index contributed by atoms with van der Waals surface area (Å²) in [5.41, 5.74) is 0.436. The Balaban J connectivity index is 1.99. The van der Waals surface area contributed by atoms with Gasteiger partial charge in [-0.1, -0.05) is 11.8 Å². The molecule has 0 saturated carbocycles. The predicted octanol–water partition coefficient (Wildman–Crippen LogP) is 1.97. The molecule has 10 heteroatoms. The van der Waals surface area contributed by atoms with Gasteiger partial charge in [-0.3, -0.25) is 9.59 Å². The molecule has 2 aromatic rings. The van der Waals surface area contributed by atoms with Gasteiger partial charge in [0.1, 0.15) is 23.3 Å². The molecule has 25 heavy (non-hydrogen) atoms. The van der Waals surface area contributed by atoms with Crippen molar-refractivity contribution in [2.24, 2.45) is 7.05 Å². The number of amides is 1. The van der Waals surface area contributed by atoms with Crippen molar-refractivity contribution in [1.82, 2.24) is 14.8 Å². The van der Waals surface area contributed by atoms with Gasteiger partial charge in [-0.25, -0.2) is 0 Å². The highest BCUT2D eigenvalue weighted by molar-refractivity contribution is 8.00. The summed E-state index contributed by atoms with van der Waals surface area (Å²) in [7, 11) is 1.73. The van der Waals surface area contributed by atoms with E-state index in [1.807, 2.05) is 6.07 Å². The molecule has 0 aromatic carbocycles. The molecule has 0 unspecified atom stereocenters. The number of ether oxygens (including phenoxy) is 1. The van der Waals surface area contributed by atoms with Crippen LogP contribution in [0.5, 0.6) is 0 Å². The second-order valence-electron chi connectivity index (χ2n) is 4.96. The molecule has 1 amide bonds. The number of nitriles is 1. The summed E-state index contributed by atoms with van der Waals surface area (Å²) in [6.07, 6.45) is 0.0270. The molecule has 0 spiro atoms. The zero-order valence-corrected chi connectivity index (χ0v) is 15.6. The number of esters is 1. The lowest BCUT2D eigenvalue weighted by Crippen LogP contribution is -2.22. The summed E-state index contributed by atoms with van der Waals surface area (Å²) in [4.78, 5) is 23.8. The highest BCUT2D eigenvalue weighted by Gasteiger charge is 2.21. The Kier molecular flexibility index (Phi) is 6.55. The number of anilines is 1. The molecule has 0 saturated heterocycles. The second-order valence-corrected chi connectivity index (χ2v) is 7.19. The minimum atomic E-state index is -0.452. The topological polar surface area (TPSA) is 110 Å². The van der Waals surface area contributed by atoms with E-state index < -0.39 is 5.25 Å². The molecule has 0 radical (unpaired) electrons. The average molecular weight is 379 g/mol. The molecule has 8 nitrogen and oxygen atoms in total. The first-order valence-electron chi connectivity index (χ1n) is 7.45. The van der Waals surface area contributed by atoms with E-state index in [1.54, 1.807) is 36.9 Å². The quantitative estimate of drug-likeness (QED) is 0.578. The van der Waals surface area contributed by atoms with Crippen molar-refractivity contribution in [2.45, 2.75) is 30.7 Å². The number of nitrogens with one attached hydrogen (secondary N) is 1. The van der Waals surface area contributed by atoms with Gasteiger partial charge in [-0.05, 0) is 25.3 Å². The molecule has 0 fully saturated rings. The van der Waals surface area contributed by atoms with Gasteiger partial charge in [0.25, 0.3) is 0 Å². The van der Waals surface area contributed by atoms with Gasteiger partial charge in [0.15, 0.2) is 5.16 Å². The minimum Gasteiger partial charge on any atom is -0.466 e. The van der Waals surface area contributed by atoms with Crippen molar-refractivity contribution in [2.75, 3.05) is 11.9 Å². The fourth-order valence-corrected chi connectivity index (χ4v) is 3.44. The van der Waals surface area contributed by atoms with Crippen LogP contribution in [-0.2, 0) is 27.8 Å². The third-order valence-corrected chi connectivity index (χ3v) is 5.17. The van der Waals surface area contributed by atoms with Crippen LogP contribution in [0.25, 0.3) is 0 Å². The Morgan fingerprint density at radius 2 is 2.28 bits per heavy atom. The molecule has 2 rings (SSSR count). The molecule has 1 atom stereocenters. The number of carbonyl (C=O) groups is 2. The molecule has 2 aromatic heterocycles. The lowest BCUT2D eigenvalue weighted by molar-refractivity contribution is -0.142. The highest BCUT2D eigenvalue weighted by atomic mass is 32.2. The molecular formula is C15H17N5O3S2. The van der Waals surface area contributed by atoms with E-state index in [2.05, 4.69) is 15.5 Å². The fraction of sp³-hybridized carbons (Fsp3) is 0.400. The highest BCUT2D eigenvalue weighted by Crippen LogP contribution is 2.26. The van der Waals surface area contributed by atoms with Gasteiger partial charge >= 0.3 is 5.97 Å². The van der Waals surface area contributed by atoms with Crippen molar-refractivity contribution in [3.05, 3.63) is 22.8 Å². The lowest BCUT2D eigenvalue weighted by Gasteiger charge is -2.11. The maximum absolute atomic E-state index is 12.3. The number of thioether (sulfide) groups is 1. The molecule has 2 heterocycles. The smallest absolute Gasteiger partial charge is 0.313 e. The van der Waals surface area contributed by atoms with Crippen LogP contribution < -0.4 is 5.32 Å². The van der Waals surface area contributed by atoms with Gasteiger partial charge in [0.2, 0.25) is 5.91 Å². The molecule has 0 bridgehead atoms. The average Bonchev–Trinajstić information content (AvgIpc) is 3.16. The molecule has 0 aliphatic heterocycles. The van der Waals surface area contributed by atoms with Crippen molar-refractivity contribution < 1.29 is 14.3 Å². The van der Waals surface area contributed by atoms with Crippen LogP contribution in [0.2, 0.25) is 0 Å². The van der Waals surface area contributed by atoms with Gasteiger partial charge in [0, 0.05) is 7.05 Å². The standard InChI is InChI=1S/C15H17N5O3S2/c1-4-23-12(21)7-11-18-19-15(20(11)3)25-9(2)13(22)17-14-10(8-16)5-6-24-14/h5-6,9H,4,7H2,1-3H3,(H,17,22)/t9-/m1/s1. The monoisotopic (exact) mass is 379 g/mol. The van der Waals surface area contributed by atoms with E-state index in [0.717, 1.165) is 0 Å². The number of hydrogen-bond donors (Lipinski definition) is 1. The summed E-state index contributed by atoms with van der Waals surface area (Å²) >= 11 is 2.52. The summed E-state index contributed by atoms with van der Waals surface area (Å²) in [5, 5.41) is 22.1. The lowest BCUT2D eigenvalue weighted by atomic mass is 10.3. The second kappa shape index (κ2) is 8.64. The third-order valence-electron chi connectivity index (χ3n) is 3.21. The minimum absolute atomic E-state index is 0.0270. The Morgan fingerprint density at radius 3 is 2.96 bits per heavy atom. The van der Waals surface area contributed by atoms with E-state index in [9.17, 15) is 9.59 Å². The Hall–Kier alpha value is -2.38. The summed E-state index contributed by atoms with van der Waals surface area (Å²) in [6, 6.07) is 3.68. The summed E-state index contributed by atoms with van der Waals surface area (Å²) in [5.74, 6) is -0.139. The maximum Gasteiger partial charge on any atom is 0.313 e. The third kappa shape index (κ3) is 4.80. The zero-order chi connectivity index (χ0) is 18.4. The number of thiophene rings is 1. The number of hydrogen-bond acceptors (Lipinski definition) is 8. The molecular weight excluding hydrogens is 362 g/mol. The van der Waals surface area contributed by atoms with Crippen LogP contribution in [0.3, 0.4) is 0 Å². The van der Waals surface area contributed by atoms with Gasteiger partial charge < -0.3 is 14.6 Å². The van der Waals surface area contributed by atoms with E-state index in [-0.39, 0.29) is 18.3 Å². The van der Waals surface area contributed by atoms with E-state index in [1.165, 1.54) is 23.1 Å². The van der Waals surface area contributed by atoms with Crippen LogP contribution in [0.15, 0.2) is 16.6 Å². The number of aromatic nitrogens is 3. The Labute approximate surface area is 153 Å². The number of nitrogens with zero attached hydrogens (tertiary/aromatic N) is 4. The van der Waals surface area contributed by atoms with Gasteiger partial charge in [0.05, 0.1) is 17.4 Å². The van der Waals surface area contributed by atoms with Crippen LogP contribution in [0.4, 0.5) is 5.00 Å². The van der Waals surface area contributed by atoms with Crippen molar-refractivity contribution >= 4 is 40.0 Å². The molecule has 1 N–H and O–H groups in total. The Bertz CT molecular complexity index is 808. The number of rotatable bonds is 7. The number of carbonyl (C=O) groups excluding carboxylic acids is 2. The Morgan fingerprint density at radius 1 is 1.52 bits per heavy atom. The first kappa shape index (κ1) is 19.0. The first-order valence-corrected chi connectivity index (χ1v) is 9.21. The largest absolute Gasteiger partial charge is 0.466 e. The van der Waals surface area contributed by atoms with Crippen LogP contribution >= 0.6 is 23.1 Å². The maximum atomic E-state index is 12.3. The van der Waals surface area contributed by atoms with Crippen molar-refractivity contribution in [3.63, 3.8) is 0 Å². The van der Waals surface area contributed by atoms with E-state index >= 15 is 0 Å². The fourth-order valence-electron chi connectivity index (χ4n) is 1.86. The molecule has 132 valence electrons. The first-order chi connectivity index (χ1) is 12.0. The van der Waals surface area contributed by atoms with Crippen molar-refractivity contribution in [3.8, 4) is 6.07 Å². The summed E-state index contributed by atoms with van der Waals surface area (Å²) in [6.45, 7) is 3.78. The molecule has 0 aliphatic rings. The van der Waals surface area contributed by atoms with Gasteiger partial charge in [-0.2, -0.15) is 5.26 Å². The van der Waals surface area contributed by atoms with Crippen molar-refractivity contribution in [1.29, 1.82) is 5.26 Å². The van der Waals surface area contributed by atoms with Crippen LogP contribution in [0.1, 0.15) is 25.2 Å². The van der Waals surface area contributed by atoms with E-state index in [4.69, 9.17) is 10.00 Å². The van der Waals surface area contributed by atoms with Crippen LogP contribution in [0, 0.1) is 11.3 Å². The SMILES string of the molecule is CCOC(=O)Cc1nnc(S[C@H](C)C(=O)Nc2sccc2C#N)n1C.